The van der Waals surface area contributed by atoms with E-state index in [1.165, 1.54) is 135 Å². The normalized spacial score (nSPS) is 10.7. The molecule has 8 heteroatoms. The van der Waals surface area contributed by atoms with Crippen molar-refractivity contribution in [3.63, 3.8) is 0 Å². The van der Waals surface area contributed by atoms with Crippen molar-refractivity contribution in [3.8, 4) is 90.6 Å². The van der Waals surface area contributed by atoms with E-state index in [2.05, 4.69) is 391 Å². The molecular weight excluding hydrogens is 1070 g/mol. The minimum Gasteiger partial charge on any atom is -0.196 e. The molecule has 0 N–H and O–H groups in total. The molecule has 8 nitrogen and oxygen atoms in total. The second-order valence-electron chi connectivity index (χ2n) is 23.3. The highest BCUT2D eigenvalue weighted by Crippen LogP contribution is 2.29. The molecule has 0 saturated heterocycles. The van der Waals surface area contributed by atoms with Gasteiger partial charge in [-0.2, -0.15) is 36.5 Å². The van der Waals surface area contributed by atoms with Crippen LogP contribution in [0.5, 0.6) is 0 Å². The SMILES string of the molecule is Cc1cc(-c2ccccc2C)[n+](C)c(-c2cccc[n+]2C)c1.Cc1ccccc1-c1c(C)ccc(-c2cccc[n+]2C)[n+]1C.Cc1ccccc1-c1ccc(C)c(-c2cccc[n+]2C)[n+]1C.Cc1ccccc1-c1cccc(-c2c(C)ccc[n+]2C)[n+]1C. The lowest BCUT2D eigenvalue weighted by atomic mass is 10.0. The third-order valence-corrected chi connectivity index (χ3v) is 17.0. The zero-order valence-corrected chi connectivity index (χ0v) is 54.7. The third kappa shape index (κ3) is 13.7. The number of rotatable bonds is 8. The Morgan fingerprint density at radius 2 is 0.534 bits per heavy atom. The van der Waals surface area contributed by atoms with E-state index in [4.69, 9.17) is 0 Å². The second-order valence-corrected chi connectivity index (χ2v) is 23.3. The summed E-state index contributed by atoms with van der Waals surface area (Å²) in [6.45, 7) is 17.3. The van der Waals surface area contributed by atoms with Gasteiger partial charge < -0.3 is 0 Å². The van der Waals surface area contributed by atoms with Gasteiger partial charge in [0, 0.05) is 118 Å². The molecule has 0 saturated carbocycles. The topological polar surface area (TPSA) is 31.0 Å². The maximum absolute atomic E-state index is 2.30. The Balaban J connectivity index is 0.000000140. The van der Waals surface area contributed by atoms with Gasteiger partial charge in [-0.3, -0.25) is 0 Å². The van der Waals surface area contributed by atoms with E-state index < -0.39 is 0 Å². The van der Waals surface area contributed by atoms with Crippen molar-refractivity contribution in [1.82, 2.24) is 0 Å². The van der Waals surface area contributed by atoms with E-state index in [-0.39, 0.29) is 0 Å². The summed E-state index contributed by atoms with van der Waals surface area (Å²) in [5.74, 6) is 0. The lowest BCUT2D eigenvalue weighted by Crippen LogP contribution is -2.40. The average Bonchev–Trinajstić information content (AvgIpc) is 1.68. The summed E-state index contributed by atoms with van der Waals surface area (Å²) in [4.78, 5) is 0. The van der Waals surface area contributed by atoms with Crippen LogP contribution in [0.1, 0.15) is 44.5 Å². The molecule has 0 spiro atoms. The Kier molecular flexibility index (Phi) is 20.0. The highest BCUT2D eigenvalue weighted by Gasteiger charge is 2.29. The highest BCUT2D eigenvalue weighted by atomic mass is 15.0. The van der Waals surface area contributed by atoms with E-state index in [1.54, 1.807) is 0 Å². The first kappa shape index (κ1) is 62.6. The van der Waals surface area contributed by atoms with Crippen LogP contribution in [0.15, 0.2) is 243 Å². The van der Waals surface area contributed by atoms with Crippen molar-refractivity contribution in [2.45, 2.75) is 55.4 Å². The predicted molar refractivity (Wildman–Crippen MR) is 357 cm³/mol. The number of aromatic nitrogens is 8. The summed E-state index contributed by atoms with van der Waals surface area (Å²) < 4.78 is 17.8. The zero-order chi connectivity index (χ0) is 62.8. The fourth-order valence-corrected chi connectivity index (χ4v) is 12.1. The van der Waals surface area contributed by atoms with Gasteiger partial charge in [0.2, 0.25) is 22.8 Å². The number of benzene rings is 4. The van der Waals surface area contributed by atoms with Crippen LogP contribution in [-0.4, -0.2) is 0 Å². The number of hydrogen-bond acceptors (Lipinski definition) is 0. The lowest BCUT2D eigenvalue weighted by molar-refractivity contribution is -0.685. The Labute approximate surface area is 523 Å². The first-order chi connectivity index (χ1) is 42.4. The van der Waals surface area contributed by atoms with E-state index in [9.17, 15) is 0 Å². The quantitative estimate of drug-likeness (QED) is 0.136. The van der Waals surface area contributed by atoms with Crippen molar-refractivity contribution < 1.29 is 36.5 Å². The van der Waals surface area contributed by atoms with Crippen LogP contribution < -0.4 is 36.5 Å². The number of nitrogens with zero attached hydrogens (tertiary/aromatic N) is 8. The fourth-order valence-electron chi connectivity index (χ4n) is 12.1. The van der Waals surface area contributed by atoms with Gasteiger partial charge in [-0.15, -0.1) is 0 Å². The van der Waals surface area contributed by atoms with E-state index in [0.717, 1.165) is 0 Å². The van der Waals surface area contributed by atoms with Gasteiger partial charge in [0.15, 0.2) is 24.8 Å². The molecule has 0 fully saturated rings. The largest absolute Gasteiger partial charge is 0.280 e. The number of hydrogen-bond donors (Lipinski definition) is 0. The Morgan fingerprint density at radius 3 is 1.03 bits per heavy atom. The summed E-state index contributed by atoms with van der Waals surface area (Å²) in [5, 5.41) is 0. The van der Waals surface area contributed by atoms with Crippen LogP contribution in [0.3, 0.4) is 0 Å². The van der Waals surface area contributed by atoms with Crippen molar-refractivity contribution in [3.05, 3.63) is 288 Å². The minimum absolute atomic E-state index is 1.21. The van der Waals surface area contributed by atoms with Gasteiger partial charge in [-0.1, -0.05) is 72.8 Å². The van der Waals surface area contributed by atoms with Crippen LogP contribution in [-0.2, 0) is 56.4 Å². The Hall–Kier alpha value is -9.92. The number of pyridine rings is 8. The molecule has 8 heterocycles. The molecule has 88 heavy (non-hydrogen) atoms. The van der Waals surface area contributed by atoms with Crippen LogP contribution in [0.25, 0.3) is 90.6 Å². The molecule has 12 rings (SSSR count). The van der Waals surface area contributed by atoms with Crippen molar-refractivity contribution >= 4 is 0 Å². The molecule has 0 aliphatic carbocycles. The second kappa shape index (κ2) is 28.1. The molecule has 0 bridgehead atoms. The zero-order valence-electron chi connectivity index (χ0n) is 54.7. The maximum atomic E-state index is 2.30. The molecular formula is C80H88N8+8. The van der Waals surface area contributed by atoms with E-state index in [1.807, 2.05) is 0 Å². The van der Waals surface area contributed by atoms with Crippen LogP contribution in [0.4, 0.5) is 0 Å². The molecule has 8 aromatic heterocycles. The molecule has 440 valence electrons. The standard InChI is InChI=1S/4C20H22N2/c1-15-9-5-6-11-17(15)18-12-7-13-19(22(18)4)20-16(2)10-8-14-21(20)3;1-15-9-5-6-10-17(15)18-13-12-16(2)20(22(18)4)19-11-7-8-14-21(19)3;1-15-9-5-6-10-17(15)20-16(2)12-13-19(22(20)4)18-11-7-8-14-21(18)3;1-15-13-19(17-10-6-5-9-16(17)2)22(4)20(14-15)18-11-7-8-12-21(18)3/h4*5-14H,1-4H3/q4*+2. The first-order valence-electron chi connectivity index (χ1n) is 30.4. The van der Waals surface area contributed by atoms with Crippen LogP contribution in [0.2, 0.25) is 0 Å². The Morgan fingerprint density at radius 1 is 0.193 bits per heavy atom. The van der Waals surface area contributed by atoms with Gasteiger partial charge in [0.05, 0.1) is 0 Å². The molecule has 0 aliphatic heterocycles. The highest BCUT2D eigenvalue weighted by molar-refractivity contribution is 5.67. The maximum Gasteiger partial charge on any atom is 0.280 e. The summed E-state index contributed by atoms with van der Waals surface area (Å²) in [7, 11) is 17.0. The summed E-state index contributed by atoms with van der Waals surface area (Å²) in [6, 6.07) is 77.2. The summed E-state index contributed by atoms with van der Waals surface area (Å²) in [6.07, 6.45) is 8.37. The molecule has 4 aromatic carbocycles. The van der Waals surface area contributed by atoms with Crippen molar-refractivity contribution in [1.29, 1.82) is 0 Å². The molecule has 0 radical (unpaired) electrons. The smallest absolute Gasteiger partial charge is 0.196 e. The fraction of sp³-hybridized carbons (Fsp3) is 0.200. The monoisotopic (exact) mass is 1160 g/mol. The first-order valence-corrected chi connectivity index (χ1v) is 30.4. The Bertz CT molecular complexity index is 4250. The molecule has 0 unspecified atom stereocenters. The summed E-state index contributed by atoms with van der Waals surface area (Å²) >= 11 is 0. The van der Waals surface area contributed by atoms with Gasteiger partial charge in [-0.25, -0.2) is 0 Å². The van der Waals surface area contributed by atoms with E-state index >= 15 is 0 Å². The molecule has 0 amide bonds. The minimum atomic E-state index is 1.21. The van der Waals surface area contributed by atoms with Gasteiger partial charge in [0.25, 0.3) is 45.6 Å². The van der Waals surface area contributed by atoms with Crippen molar-refractivity contribution in [2.75, 3.05) is 0 Å². The molecule has 0 aliphatic rings. The summed E-state index contributed by atoms with van der Waals surface area (Å²) in [5.41, 5.74) is 30.3. The molecule has 12 aromatic rings. The van der Waals surface area contributed by atoms with Crippen molar-refractivity contribution in [2.24, 2.45) is 56.4 Å². The molecule has 0 atom stereocenters. The lowest BCUT2D eigenvalue weighted by Gasteiger charge is -2.09. The van der Waals surface area contributed by atoms with Gasteiger partial charge in [0.1, 0.15) is 56.4 Å². The third-order valence-electron chi connectivity index (χ3n) is 17.0. The van der Waals surface area contributed by atoms with Gasteiger partial charge >= 0.3 is 0 Å². The average molecular weight is 1160 g/mol. The van der Waals surface area contributed by atoms with Crippen LogP contribution in [0, 0.1) is 55.4 Å². The predicted octanol–water partition coefficient (Wildman–Crippen LogP) is 13.1. The van der Waals surface area contributed by atoms with E-state index in [0.29, 0.717) is 0 Å². The number of aryl methyl sites for hydroxylation is 12. The van der Waals surface area contributed by atoms with Gasteiger partial charge in [-0.05, 0) is 150 Å². The van der Waals surface area contributed by atoms with Crippen LogP contribution >= 0.6 is 0 Å².